The van der Waals surface area contributed by atoms with Gasteiger partial charge >= 0.3 is 10.1 Å². The molecule has 2 aliphatic rings. The Bertz CT molecular complexity index is 781. The van der Waals surface area contributed by atoms with E-state index in [9.17, 15) is 13.2 Å². The van der Waals surface area contributed by atoms with Crippen molar-refractivity contribution < 1.29 is 17.4 Å². The Morgan fingerprint density at radius 3 is 2.65 bits per heavy atom. The standard InChI is InChI=1S/C20H27NO4S/c1-3-10-21-11-4-5-16-13-20(22)17(12-19(16)21)14-25-26(23,24)18-8-6-15(2)7-9-18/h6-9,14,16,19H,3-5,10-13H2,1-2H3. The molecule has 2 fully saturated rings. The number of hydrogen-bond donors (Lipinski definition) is 0. The van der Waals surface area contributed by atoms with Gasteiger partial charge < -0.3 is 4.18 Å². The van der Waals surface area contributed by atoms with Crippen LogP contribution in [-0.4, -0.2) is 38.2 Å². The molecule has 1 aliphatic heterocycles. The summed E-state index contributed by atoms with van der Waals surface area (Å²) in [4.78, 5) is 15.0. The number of fused-ring (bicyclic) bond motifs is 1. The molecular weight excluding hydrogens is 350 g/mol. The van der Waals surface area contributed by atoms with Crippen molar-refractivity contribution >= 4 is 15.9 Å². The van der Waals surface area contributed by atoms with Crippen LogP contribution in [0.4, 0.5) is 0 Å². The van der Waals surface area contributed by atoms with Gasteiger partial charge in [0.2, 0.25) is 0 Å². The third-order valence-electron chi connectivity index (χ3n) is 5.41. The van der Waals surface area contributed by atoms with Crippen molar-refractivity contribution in [1.82, 2.24) is 4.90 Å². The van der Waals surface area contributed by atoms with Gasteiger partial charge in [-0.15, -0.1) is 0 Å². The SMILES string of the molecule is CCCN1CCCC2CC(=O)C(=COS(=O)(=O)c3ccc(C)cc3)CC21. The molecule has 0 bridgehead atoms. The van der Waals surface area contributed by atoms with Gasteiger partial charge in [0.15, 0.2) is 5.78 Å². The van der Waals surface area contributed by atoms with Crippen LogP contribution in [0.1, 0.15) is 44.6 Å². The van der Waals surface area contributed by atoms with Crippen LogP contribution in [0.5, 0.6) is 0 Å². The fourth-order valence-electron chi connectivity index (χ4n) is 4.02. The number of nitrogens with zero attached hydrogens (tertiary/aromatic N) is 1. The summed E-state index contributed by atoms with van der Waals surface area (Å²) in [6.07, 6.45) is 5.52. The number of carbonyl (C=O) groups excluding carboxylic acids is 1. The van der Waals surface area contributed by atoms with Gasteiger partial charge in [0.05, 0.1) is 0 Å². The van der Waals surface area contributed by atoms with Crippen LogP contribution in [0, 0.1) is 12.8 Å². The molecule has 26 heavy (non-hydrogen) atoms. The Morgan fingerprint density at radius 2 is 1.96 bits per heavy atom. The van der Waals surface area contributed by atoms with E-state index in [1.807, 2.05) is 6.92 Å². The van der Waals surface area contributed by atoms with Gasteiger partial charge in [0.25, 0.3) is 0 Å². The molecule has 0 amide bonds. The molecule has 6 heteroatoms. The maximum absolute atomic E-state index is 12.5. The summed E-state index contributed by atoms with van der Waals surface area (Å²) >= 11 is 0. The van der Waals surface area contributed by atoms with Gasteiger partial charge in [-0.05, 0) is 63.7 Å². The second kappa shape index (κ2) is 7.92. The van der Waals surface area contributed by atoms with E-state index in [2.05, 4.69) is 11.8 Å². The average Bonchev–Trinajstić information content (AvgIpc) is 2.61. The molecular formula is C20H27NO4S. The number of Topliss-reactive ketones (excluding diaryl/α,β-unsaturated/α-hetero) is 1. The first-order valence-corrected chi connectivity index (χ1v) is 10.8. The topological polar surface area (TPSA) is 63.7 Å². The number of aryl methyl sites for hydroxylation is 1. The summed E-state index contributed by atoms with van der Waals surface area (Å²) in [7, 11) is -3.90. The Hall–Kier alpha value is -1.66. The number of carbonyl (C=O) groups is 1. The van der Waals surface area contributed by atoms with Crippen LogP contribution >= 0.6 is 0 Å². The van der Waals surface area contributed by atoms with Crippen molar-refractivity contribution in [1.29, 1.82) is 0 Å². The van der Waals surface area contributed by atoms with Gasteiger partial charge in [-0.25, -0.2) is 0 Å². The lowest BCUT2D eigenvalue weighted by Crippen LogP contribution is -2.49. The molecule has 5 nitrogen and oxygen atoms in total. The van der Waals surface area contributed by atoms with Gasteiger partial charge in [0.1, 0.15) is 11.2 Å². The van der Waals surface area contributed by atoms with Gasteiger partial charge in [0, 0.05) is 18.0 Å². The second-order valence-corrected chi connectivity index (χ2v) is 8.92. The summed E-state index contributed by atoms with van der Waals surface area (Å²) in [5.41, 5.74) is 1.47. The number of benzene rings is 1. The van der Waals surface area contributed by atoms with Crippen molar-refractivity contribution in [3.05, 3.63) is 41.7 Å². The predicted molar refractivity (Wildman–Crippen MR) is 100 cm³/mol. The normalized spacial score (nSPS) is 25.9. The van der Waals surface area contributed by atoms with E-state index in [4.69, 9.17) is 4.18 Å². The minimum Gasteiger partial charge on any atom is -0.387 e. The summed E-state index contributed by atoms with van der Waals surface area (Å²) in [6.45, 7) is 6.12. The fraction of sp³-hybridized carbons (Fsp3) is 0.550. The zero-order chi connectivity index (χ0) is 18.7. The molecule has 0 N–H and O–H groups in total. The highest BCUT2D eigenvalue weighted by Gasteiger charge is 2.38. The van der Waals surface area contributed by atoms with Crippen molar-refractivity contribution in [3.63, 3.8) is 0 Å². The lowest BCUT2D eigenvalue weighted by Gasteiger charge is -2.44. The quantitative estimate of drug-likeness (QED) is 0.447. The summed E-state index contributed by atoms with van der Waals surface area (Å²) < 4.78 is 29.8. The minimum atomic E-state index is -3.90. The molecule has 1 aliphatic carbocycles. The third kappa shape index (κ3) is 4.18. The number of hydrogen-bond acceptors (Lipinski definition) is 5. The third-order valence-corrected chi connectivity index (χ3v) is 6.60. The Kier molecular flexibility index (Phi) is 5.82. The molecule has 3 rings (SSSR count). The predicted octanol–water partition coefficient (Wildman–Crippen LogP) is 3.44. The van der Waals surface area contributed by atoms with E-state index in [1.165, 1.54) is 18.4 Å². The Balaban J connectivity index is 1.75. The van der Waals surface area contributed by atoms with E-state index in [1.54, 1.807) is 12.1 Å². The summed E-state index contributed by atoms with van der Waals surface area (Å²) in [5, 5.41) is 0. The summed E-state index contributed by atoms with van der Waals surface area (Å²) in [6, 6.07) is 6.81. The summed E-state index contributed by atoms with van der Waals surface area (Å²) in [5.74, 6) is 0.400. The van der Waals surface area contributed by atoms with Crippen LogP contribution < -0.4 is 0 Å². The molecule has 1 saturated carbocycles. The van der Waals surface area contributed by atoms with Crippen molar-refractivity contribution in [2.75, 3.05) is 13.1 Å². The highest BCUT2D eigenvalue weighted by atomic mass is 32.2. The monoisotopic (exact) mass is 377 g/mol. The second-order valence-electron chi connectivity index (χ2n) is 7.34. The van der Waals surface area contributed by atoms with Crippen LogP contribution in [-0.2, 0) is 19.1 Å². The first-order valence-electron chi connectivity index (χ1n) is 9.37. The van der Waals surface area contributed by atoms with E-state index in [0.29, 0.717) is 30.4 Å². The lowest BCUT2D eigenvalue weighted by atomic mass is 9.76. The van der Waals surface area contributed by atoms with Crippen LogP contribution in [0.2, 0.25) is 0 Å². The highest BCUT2D eigenvalue weighted by molar-refractivity contribution is 7.86. The van der Waals surface area contributed by atoms with Gasteiger partial charge in [-0.3, -0.25) is 9.69 Å². The molecule has 1 aromatic rings. The van der Waals surface area contributed by atoms with Crippen molar-refractivity contribution in [3.8, 4) is 0 Å². The maximum atomic E-state index is 12.5. The fourth-order valence-corrected chi connectivity index (χ4v) is 4.84. The van der Waals surface area contributed by atoms with E-state index in [-0.39, 0.29) is 10.7 Å². The molecule has 1 saturated heterocycles. The largest absolute Gasteiger partial charge is 0.387 e. The molecule has 142 valence electrons. The molecule has 1 heterocycles. The number of piperidine rings is 1. The Morgan fingerprint density at radius 1 is 1.23 bits per heavy atom. The first kappa shape index (κ1) is 19.1. The minimum absolute atomic E-state index is 0.0173. The van der Waals surface area contributed by atoms with Crippen molar-refractivity contribution in [2.24, 2.45) is 5.92 Å². The molecule has 0 spiro atoms. The van der Waals surface area contributed by atoms with Gasteiger partial charge in [-0.2, -0.15) is 8.42 Å². The van der Waals surface area contributed by atoms with Gasteiger partial charge in [-0.1, -0.05) is 24.6 Å². The van der Waals surface area contributed by atoms with E-state index < -0.39 is 10.1 Å². The van der Waals surface area contributed by atoms with Crippen LogP contribution in [0.3, 0.4) is 0 Å². The molecule has 1 aromatic carbocycles. The Labute approximate surface area is 156 Å². The number of ketones is 1. The number of likely N-dealkylation sites (tertiary alicyclic amines) is 1. The smallest absolute Gasteiger partial charge is 0.338 e. The van der Waals surface area contributed by atoms with E-state index >= 15 is 0 Å². The van der Waals surface area contributed by atoms with E-state index in [0.717, 1.165) is 37.9 Å². The lowest BCUT2D eigenvalue weighted by molar-refractivity contribution is -0.119. The average molecular weight is 378 g/mol. The molecule has 0 aromatic heterocycles. The molecule has 2 unspecified atom stereocenters. The first-order chi connectivity index (χ1) is 12.4. The molecule has 2 atom stereocenters. The van der Waals surface area contributed by atoms with Crippen molar-refractivity contribution in [2.45, 2.75) is 56.9 Å². The van der Waals surface area contributed by atoms with Crippen LogP contribution in [0.25, 0.3) is 0 Å². The van der Waals surface area contributed by atoms with Crippen LogP contribution in [0.15, 0.2) is 41.0 Å². The molecule has 0 radical (unpaired) electrons. The zero-order valence-electron chi connectivity index (χ0n) is 15.5. The number of rotatable bonds is 5. The zero-order valence-corrected chi connectivity index (χ0v) is 16.3. The maximum Gasteiger partial charge on any atom is 0.338 e. The highest BCUT2D eigenvalue weighted by Crippen LogP contribution is 2.36.